The SMILES string of the molecule is C=C(N=Cc1ccc(/C2=C/C(CC)=C(/CNC)CC=CC2)nc1C)N(C)N(C)CCN. The highest BCUT2D eigenvalue weighted by Gasteiger charge is 2.11. The summed E-state index contributed by atoms with van der Waals surface area (Å²) in [6, 6.07) is 4.18. The van der Waals surface area contributed by atoms with Crippen LogP contribution in [0.3, 0.4) is 0 Å². The molecule has 0 spiro atoms. The normalized spacial score (nSPS) is 18.7. The van der Waals surface area contributed by atoms with Crippen molar-refractivity contribution in [2.75, 3.05) is 40.8 Å². The van der Waals surface area contributed by atoms with E-state index in [1.807, 2.05) is 44.3 Å². The zero-order valence-electron chi connectivity index (χ0n) is 19.8. The first-order valence-electron chi connectivity index (χ1n) is 11.0. The fraction of sp³-hybridized carbons (Fsp3) is 0.440. The van der Waals surface area contributed by atoms with Crippen molar-refractivity contribution in [3.05, 3.63) is 70.9 Å². The molecule has 0 saturated carbocycles. The van der Waals surface area contributed by atoms with Gasteiger partial charge < -0.3 is 11.1 Å². The fourth-order valence-electron chi connectivity index (χ4n) is 3.52. The Morgan fingerprint density at radius 3 is 2.68 bits per heavy atom. The van der Waals surface area contributed by atoms with Gasteiger partial charge in [-0.3, -0.25) is 9.99 Å². The van der Waals surface area contributed by atoms with E-state index in [-0.39, 0.29) is 0 Å². The van der Waals surface area contributed by atoms with Crippen LogP contribution in [-0.2, 0) is 0 Å². The highest BCUT2D eigenvalue weighted by atomic mass is 15.6. The number of hydrogen-bond acceptors (Lipinski definition) is 6. The zero-order valence-corrected chi connectivity index (χ0v) is 19.8. The van der Waals surface area contributed by atoms with Crippen LogP contribution in [0.2, 0.25) is 0 Å². The van der Waals surface area contributed by atoms with Crippen LogP contribution in [0, 0.1) is 6.92 Å². The van der Waals surface area contributed by atoms with Crippen molar-refractivity contribution < 1.29 is 0 Å². The monoisotopic (exact) mass is 422 g/mol. The van der Waals surface area contributed by atoms with Gasteiger partial charge in [0, 0.05) is 51.2 Å². The molecule has 168 valence electrons. The topological polar surface area (TPSA) is 69.8 Å². The Bertz CT molecular complexity index is 878. The maximum absolute atomic E-state index is 5.63. The Labute approximate surface area is 187 Å². The van der Waals surface area contributed by atoms with E-state index in [9.17, 15) is 0 Å². The van der Waals surface area contributed by atoms with Gasteiger partial charge >= 0.3 is 0 Å². The van der Waals surface area contributed by atoms with Gasteiger partial charge in [-0.2, -0.15) is 0 Å². The van der Waals surface area contributed by atoms with E-state index in [1.165, 1.54) is 16.7 Å². The van der Waals surface area contributed by atoms with Crippen LogP contribution in [0.25, 0.3) is 5.57 Å². The summed E-state index contributed by atoms with van der Waals surface area (Å²) < 4.78 is 0. The first-order chi connectivity index (χ1) is 14.9. The van der Waals surface area contributed by atoms with Gasteiger partial charge in [0.1, 0.15) is 5.82 Å². The second-order valence-corrected chi connectivity index (χ2v) is 7.80. The quantitative estimate of drug-likeness (QED) is 0.342. The molecule has 0 bridgehead atoms. The molecule has 2 rings (SSSR count). The van der Waals surface area contributed by atoms with Gasteiger partial charge in [-0.15, -0.1) is 0 Å². The molecule has 6 heteroatoms. The third-order valence-electron chi connectivity index (χ3n) is 5.59. The number of hydrogen-bond donors (Lipinski definition) is 2. The van der Waals surface area contributed by atoms with E-state index in [1.54, 1.807) is 0 Å². The van der Waals surface area contributed by atoms with Crippen LogP contribution in [-0.4, -0.2) is 62.0 Å². The first-order valence-corrected chi connectivity index (χ1v) is 11.0. The Morgan fingerprint density at radius 2 is 2.03 bits per heavy atom. The summed E-state index contributed by atoms with van der Waals surface area (Å²) in [5.41, 5.74) is 12.7. The maximum Gasteiger partial charge on any atom is 0.135 e. The molecule has 0 atom stereocenters. The standard InChI is InChI=1S/C25H38N6/c1-7-21-16-22(10-8-9-11-24(21)17-27-4)25-13-12-23(19(2)29-25)18-28-20(3)31(6)30(5)15-14-26/h8-9,12-13,16,18,27H,3,7,10-11,14-15,17,26H2,1-2,4-6H3/b9-8?,22-16+,24-21+,28-18?. The van der Waals surface area contributed by atoms with Crippen LogP contribution in [0.5, 0.6) is 0 Å². The Kier molecular flexibility index (Phi) is 9.85. The van der Waals surface area contributed by atoms with Crippen LogP contribution >= 0.6 is 0 Å². The molecule has 1 heterocycles. The molecule has 0 saturated heterocycles. The van der Waals surface area contributed by atoms with Crippen molar-refractivity contribution in [3.63, 3.8) is 0 Å². The lowest BCUT2D eigenvalue weighted by atomic mass is 9.94. The number of likely N-dealkylation sites (N-methyl/N-ethyl adjacent to an activating group) is 2. The average Bonchev–Trinajstić information content (AvgIpc) is 2.74. The summed E-state index contributed by atoms with van der Waals surface area (Å²) in [6.07, 6.45) is 11.6. The number of aryl methyl sites for hydroxylation is 1. The second-order valence-electron chi connectivity index (χ2n) is 7.80. The summed E-state index contributed by atoms with van der Waals surface area (Å²) in [7, 11) is 5.90. The zero-order chi connectivity index (χ0) is 22.8. The number of aliphatic imine (C=N–C) groups is 1. The van der Waals surface area contributed by atoms with Gasteiger partial charge in [0.15, 0.2) is 0 Å². The number of hydrazine groups is 1. The molecule has 1 aliphatic carbocycles. The molecule has 0 fully saturated rings. The van der Waals surface area contributed by atoms with Crippen molar-refractivity contribution in [2.24, 2.45) is 10.7 Å². The summed E-state index contributed by atoms with van der Waals surface area (Å²) in [4.78, 5) is 9.42. The lowest BCUT2D eigenvalue weighted by Gasteiger charge is -2.29. The van der Waals surface area contributed by atoms with E-state index < -0.39 is 0 Å². The van der Waals surface area contributed by atoms with Crippen molar-refractivity contribution in [1.29, 1.82) is 0 Å². The van der Waals surface area contributed by atoms with Crippen LogP contribution < -0.4 is 11.1 Å². The Hall–Kier alpha value is -2.54. The maximum atomic E-state index is 5.63. The van der Waals surface area contributed by atoms with E-state index >= 15 is 0 Å². The predicted molar refractivity (Wildman–Crippen MR) is 133 cm³/mol. The molecular weight excluding hydrogens is 384 g/mol. The van der Waals surface area contributed by atoms with Crippen LogP contribution in [0.15, 0.2) is 58.9 Å². The molecule has 0 radical (unpaired) electrons. The van der Waals surface area contributed by atoms with Crippen molar-refractivity contribution in [2.45, 2.75) is 33.1 Å². The number of pyridine rings is 1. The number of aromatic nitrogens is 1. The molecule has 3 N–H and O–H groups in total. The number of nitrogens with zero attached hydrogens (tertiary/aromatic N) is 4. The summed E-state index contributed by atoms with van der Waals surface area (Å²) in [5, 5.41) is 7.18. The van der Waals surface area contributed by atoms with E-state index in [4.69, 9.17) is 10.7 Å². The van der Waals surface area contributed by atoms with Crippen LogP contribution in [0.4, 0.5) is 0 Å². The molecule has 1 aromatic rings. The lowest BCUT2D eigenvalue weighted by molar-refractivity contribution is 0.0681. The average molecular weight is 423 g/mol. The van der Waals surface area contributed by atoms with Crippen molar-refractivity contribution in [1.82, 2.24) is 20.3 Å². The molecule has 0 unspecified atom stereocenters. The number of allylic oxidation sites excluding steroid dienone is 5. The Morgan fingerprint density at radius 1 is 1.29 bits per heavy atom. The molecule has 31 heavy (non-hydrogen) atoms. The van der Waals surface area contributed by atoms with Crippen molar-refractivity contribution in [3.8, 4) is 0 Å². The smallest absolute Gasteiger partial charge is 0.135 e. The molecule has 0 amide bonds. The largest absolute Gasteiger partial charge is 0.329 e. The lowest BCUT2D eigenvalue weighted by Crippen LogP contribution is -2.38. The van der Waals surface area contributed by atoms with E-state index in [0.29, 0.717) is 12.4 Å². The number of nitrogens with one attached hydrogen (secondary N) is 1. The minimum atomic E-state index is 0.582. The fourth-order valence-corrected chi connectivity index (χ4v) is 3.52. The van der Waals surface area contributed by atoms with E-state index in [2.05, 4.69) is 54.2 Å². The van der Waals surface area contributed by atoms with E-state index in [0.717, 1.165) is 49.3 Å². The third kappa shape index (κ3) is 6.99. The minimum absolute atomic E-state index is 0.582. The van der Waals surface area contributed by atoms with Crippen LogP contribution in [0.1, 0.15) is 43.1 Å². The van der Waals surface area contributed by atoms with Gasteiger partial charge in [0.05, 0.1) is 5.69 Å². The summed E-state index contributed by atoms with van der Waals surface area (Å²) in [5.74, 6) is 0.655. The summed E-state index contributed by atoms with van der Waals surface area (Å²) >= 11 is 0. The predicted octanol–water partition coefficient (Wildman–Crippen LogP) is 3.68. The van der Waals surface area contributed by atoms with Gasteiger partial charge in [-0.1, -0.05) is 31.7 Å². The molecule has 1 aliphatic rings. The molecular formula is C25H38N6. The summed E-state index contributed by atoms with van der Waals surface area (Å²) in [6.45, 7) is 10.5. The van der Waals surface area contributed by atoms with Crippen molar-refractivity contribution >= 4 is 11.8 Å². The third-order valence-corrected chi connectivity index (χ3v) is 5.59. The Balaban J connectivity index is 2.25. The highest BCUT2D eigenvalue weighted by Crippen LogP contribution is 2.26. The molecule has 6 nitrogen and oxygen atoms in total. The van der Waals surface area contributed by atoms with Gasteiger partial charge in [0.25, 0.3) is 0 Å². The van der Waals surface area contributed by atoms with Gasteiger partial charge in [-0.05, 0) is 62.1 Å². The number of nitrogens with two attached hydrogens (primary N) is 1. The molecule has 1 aromatic heterocycles. The van der Waals surface area contributed by atoms with Gasteiger partial charge in [0.2, 0.25) is 0 Å². The minimum Gasteiger partial charge on any atom is -0.329 e. The molecule has 0 aliphatic heterocycles. The highest BCUT2D eigenvalue weighted by molar-refractivity contribution is 5.82. The van der Waals surface area contributed by atoms with Gasteiger partial charge in [-0.25, -0.2) is 10.0 Å². The second kappa shape index (κ2) is 12.3. The number of rotatable bonds is 10. The molecule has 0 aromatic carbocycles. The first kappa shape index (κ1) is 24.7.